The summed E-state index contributed by atoms with van der Waals surface area (Å²) in [6, 6.07) is 0. The van der Waals surface area contributed by atoms with Crippen molar-refractivity contribution in [3.63, 3.8) is 0 Å². The summed E-state index contributed by atoms with van der Waals surface area (Å²) in [5.74, 6) is 0.771. The van der Waals surface area contributed by atoms with Crippen LogP contribution in [0.15, 0.2) is 0 Å². The molecule has 2 N–H and O–H groups in total. The van der Waals surface area contributed by atoms with Crippen molar-refractivity contribution in [3.8, 4) is 0 Å². The Bertz CT molecular complexity index is 149. The molecule has 92 valence electrons. The molecule has 0 aliphatic carbocycles. The van der Waals surface area contributed by atoms with Gasteiger partial charge in [0.1, 0.15) is 0 Å². The summed E-state index contributed by atoms with van der Waals surface area (Å²) < 4.78 is 0. The molecule has 0 aromatic carbocycles. The van der Waals surface area contributed by atoms with Crippen molar-refractivity contribution in [3.05, 3.63) is 0 Å². The molecular weight excluding hydrogens is 184 g/mol. The van der Waals surface area contributed by atoms with Gasteiger partial charge in [-0.3, -0.25) is 0 Å². The largest absolute Gasteiger partial charge is 0.330 e. The van der Waals surface area contributed by atoms with Crippen LogP contribution < -0.4 is 5.73 Å². The van der Waals surface area contributed by atoms with Crippen LogP contribution in [0.2, 0.25) is 0 Å². The Labute approximate surface area is 96.2 Å². The number of nitrogens with zero attached hydrogens (tertiary/aromatic N) is 1. The molecule has 0 saturated carbocycles. The van der Waals surface area contributed by atoms with E-state index in [9.17, 15) is 0 Å². The van der Waals surface area contributed by atoms with Gasteiger partial charge in [-0.2, -0.15) is 0 Å². The quantitative estimate of drug-likeness (QED) is 0.706. The van der Waals surface area contributed by atoms with Gasteiger partial charge in [0.25, 0.3) is 0 Å². The highest BCUT2D eigenvalue weighted by Gasteiger charge is 2.23. The number of hydrogen-bond donors (Lipinski definition) is 1. The molecule has 0 aliphatic rings. The summed E-state index contributed by atoms with van der Waals surface area (Å²) in [6.07, 6.45) is 3.77. The summed E-state index contributed by atoms with van der Waals surface area (Å²) in [5.41, 5.74) is 6.08. The smallest absolute Gasteiger partial charge is 0.00218 e. The third kappa shape index (κ3) is 6.91. The van der Waals surface area contributed by atoms with Gasteiger partial charge in [-0.1, -0.05) is 27.7 Å². The monoisotopic (exact) mass is 214 g/mol. The van der Waals surface area contributed by atoms with Crippen LogP contribution >= 0.6 is 0 Å². The molecule has 0 amide bonds. The first-order chi connectivity index (χ1) is 6.91. The third-order valence-electron chi connectivity index (χ3n) is 3.37. The first kappa shape index (κ1) is 14.9. The molecule has 0 aliphatic heterocycles. The predicted molar refractivity (Wildman–Crippen MR) is 69.0 cm³/mol. The van der Waals surface area contributed by atoms with E-state index in [1.807, 2.05) is 0 Å². The molecule has 0 spiro atoms. The van der Waals surface area contributed by atoms with Crippen molar-refractivity contribution < 1.29 is 0 Å². The van der Waals surface area contributed by atoms with Crippen LogP contribution in [0.1, 0.15) is 47.0 Å². The molecule has 0 saturated heterocycles. The van der Waals surface area contributed by atoms with Gasteiger partial charge in [0, 0.05) is 0 Å². The lowest BCUT2D eigenvalue weighted by Crippen LogP contribution is -2.25. The topological polar surface area (TPSA) is 29.3 Å². The first-order valence-electron chi connectivity index (χ1n) is 6.30. The van der Waals surface area contributed by atoms with E-state index in [1.165, 1.54) is 25.8 Å². The second-order valence-corrected chi connectivity index (χ2v) is 5.68. The lowest BCUT2D eigenvalue weighted by Gasteiger charge is -2.31. The Kier molecular flexibility index (Phi) is 7.20. The zero-order valence-corrected chi connectivity index (χ0v) is 11.3. The van der Waals surface area contributed by atoms with Crippen LogP contribution in [0.3, 0.4) is 0 Å². The number of rotatable bonds is 7. The van der Waals surface area contributed by atoms with Crippen LogP contribution in [0.4, 0.5) is 0 Å². The predicted octanol–water partition coefficient (Wildman–Crippen LogP) is 2.73. The van der Waals surface area contributed by atoms with Crippen LogP contribution in [-0.4, -0.2) is 31.6 Å². The minimum Gasteiger partial charge on any atom is -0.330 e. The Hall–Kier alpha value is -0.0800. The van der Waals surface area contributed by atoms with E-state index in [4.69, 9.17) is 5.73 Å². The summed E-state index contributed by atoms with van der Waals surface area (Å²) in [4.78, 5) is 2.38. The third-order valence-corrected chi connectivity index (χ3v) is 3.37. The number of hydrogen-bond acceptors (Lipinski definition) is 2. The molecule has 0 radical (unpaired) electrons. The van der Waals surface area contributed by atoms with Crippen molar-refractivity contribution in [2.75, 3.05) is 26.7 Å². The van der Waals surface area contributed by atoms with Gasteiger partial charge in [-0.15, -0.1) is 0 Å². The average Bonchev–Trinajstić information content (AvgIpc) is 2.14. The molecule has 0 aromatic heterocycles. The lowest BCUT2D eigenvalue weighted by atomic mass is 9.76. The molecule has 0 bridgehead atoms. The second kappa shape index (κ2) is 7.24. The van der Waals surface area contributed by atoms with Crippen molar-refractivity contribution in [2.45, 2.75) is 47.0 Å². The molecule has 2 heteroatoms. The standard InChI is InChI=1S/C13H30N2/c1-6-15(5)11-7-8-12(9-10-14)13(2,3)4/h12H,6-11,14H2,1-5H3. The molecule has 0 fully saturated rings. The first-order valence-corrected chi connectivity index (χ1v) is 6.30. The Balaban J connectivity index is 3.87. The maximum Gasteiger partial charge on any atom is -0.00218 e. The van der Waals surface area contributed by atoms with E-state index < -0.39 is 0 Å². The highest BCUT2D eigenvalue weighted by molar-refractivity contribution is 4.74. The zero-order chi connectivity index (χ0) is 11.9. The van der Waals surface area contributed by atoms with Crippen molar-refractivity contribution in [1.29, 1.82) is 0 Å². The molecule has 2 nitrogen and oxygen atoms in total. The summed E-state index contributed by atoms with van der Waals surface area (Å²) in [6.45, 7) is 12.4. The summed E-state index contributed by atoms with van der Waals surface area (Å²) in [7, 11) is 2.19. The van der Waals surface area contributed by atoms with Crippen LogP contribution in [-0.2, 0) is 0 Å². The van der Waals surface area contributed by atoms with E-state index in [0.717, 1.165) is 19.0 Å². The molecular formula is C13H30N2. The fourth-order valence-electron chi connectivity index (χ4n) is 1.98. The molecule has 15 heavy (non-hydrogen) atoms. The van der Waals surface area contributed by atoms with Gasteiger partial charge in [0.2, 0.25) is 0 Å². The van der Waals surface area contributed by atoms with Gasteiger partial charge < -0.3 is 10.6 Å². The van der Waals surface area contributed by atoms with Crippen molar-refractivity contribution >= 4 is 0 Å². The number of nitrogens with two attached hydrogens (primary N) is 1. The Morgan fingerprint density at radius 2 is 1.80 bits per heavy atom. The fourth-order valence-corrected chi connectivity index (χ4v) is 1.98. The van der Waals surface area contributed by atoms with E-state index in [-0.39, 0.29) is 0 Å². The molecule has 0 heterocycles. The van der Waals surface area contributed by atoms with Crippen molar-refractivity contribution in [1.82, 2.24) is 4.90 Å². The molecule has 0 rings (SSSR count). The van der Waals surface area contributed by atoms with Crippen LogP contribution in [0.5, 0.6) is 0 Å². The fraction of sp³-hybridized carbons (Fsp3) is 1.00. The van der Waals surface area contributed by atoms with E-state index >= 15 is 0 Å². The maximum atomic E-state index is 5.67. The highest BCUT2D eigenvalue weighted by Crippen LogP contribution is 2.31. The Morgan fingerprint density at radius 3 is 2.20 bits per heavy atom. The minimum atomic E-state index is 0.407. The highest BCUT2D eigenvalue weighted by atomic mass is 15.1. The van der Waals surface area contributed by atoms with E-state index in [0.29, 0.717) is 5.41 Å². The molecule has 1 unspecified atom stereocenters. The minimum absolute atomic E-state index is 0.407. The van der Waals surface area contributed by atoms with Gasteiger partial charge in [0.15, 0.2) is 0 Å². The van der Waals surface area contributed by atoms with Gasteiger partial charge in [-0.25, -0.2) is 0 Å². The van der Waals surface area contributed by atoms with E-state index in [2.05, 4.69) is 39.6 Å². The van der Waals surface area contributed by atoms with Gasteiger partial charge >= 0.3 is 0 Å². The van der Waals surface area contributed by atoms with Crippen LogP contribution in [0.25, 0.3) is 0 Å². The summed E-state index contributed by atoms with van der Waals surface area (Å²) >= 11 is 0. The molecule has 0 aromatic rings. The maximum absolute atomic E-state index is 5.67. The lowest BCUT2D eigenvalue weighted by molar-refractivity contribution is 0.201. The zero-order valence-electron chi connectivity index (χ0n) is 11.3. The second-order valence-electron chi connectivity index (χ2n) is 5.68. The normalized spacial score (nSPS) is 14.6. The van der Waals surface area contributed by atoms with Gasteiger partial charge in [0.05, 0.1) is 0 Å². The summed E-state index contributed by atoms with van der Waals surface area (Å²) in [5, 5.41) is 0. The van der Waals surface area contributed by atoms with Crippen molar-refractivity contribution in [2.24, 2.45) is 17.1 Å². The van der Waals surface area contributed by atoms with Crippen LogP contribution in [0, 0.1) is 11.3 Å². The Morgan fingerprint density at radius 1 is 1.20 bits per heavy atom. The molecule has 1 atom stereocenters. The van der Waals surface area contributed by atoms with Gasteiger partial charge in [-0.05, 0) is 57.3 Å². The SMILES string of the molecule is CCN(C)CCCC(CCN)C(C)(C)C. The average molecular weight is 214 g/mol. The van der Waals surface area contributed by atoms with E-state index in [1.54, 1.807) is 0 Å².